The van der Waals surface area contributed by atoms with Gasteiger partial charge in [0.25, 0.3) is 0 Å². The average molecular weight is 411 g/mol. The normalized spacial score (nSPS) is 11.1. The summed E-state index contributed by atoms with van der Waals surface area (Å²) in [7, 11) is 1.65. The molecule has 160 valence electrons. The largest absolute Gasteiger partial charge is 0.491 e. The highest BCUT2D eigenvalue weighted by atomic mass is 16.5. The highest BCUT2D eigenvalue weighted by Crippen LogP contribution is 2.38. The summed E-state index contributed by atoms with van der Waals surface area (Å²) in [5, 5.41) is 6.64. The van der Waals surface area contributed by atoms with Crippen molar-refractivity contribution in [2.45, 2.75) is 33.4 Å². The van der Waals surface area contributed by atoms with E-state index in [-0.39, 0.29) is 12.1 Å². The van der Waals surface area contributed by atoms with E-state index in [1.807, 2.05) is 56.3 Å². The fourth-order valence-corrected chi connectivity index (χ4v) is 3.47. The Morgan fingerprint density at radius 2 is 1.87 bits per heavy atom. The second kappa shape index (κ2) is 9.54. The van der Waals surface area contributed by atoms with Gasteiger partial charge in [-0.25, -0.2) is 4.79 Å². The topological polar surface area (TPSA) is 90.5 Å². The molecule has 0 aliphatic rings. The first-order valence-electron chi connectivity index (χ1n) is 10.2. The first-order chi connectivity index (χ1) is 14.4. The number of nitrogens with zero attached hydrogens (tertiary/aromatic N) is 1. The number of hydrogen-bond donors (Lipinski definition) is 3. The van der Waals surface area contributed by atoms with Crippen LogP contribution in [0.25, 0.3) is 22.2 Å². The van der Waals surface area contributed by atoms with Gasteiger partial charge in [-0.15, -0.1) is 0 Å². The van der Waals surface area contributed by atoms with E-state index in [1.54, 1.807) is 7.11 Å². The minimum atomic E-state index is -0.221. The number of hydrogen-bond acceptors (Lipinski definition) is 4. The third-order valence-corrected chi connectivity index (χ3v) is 4.78. The van der Waals surface area contributed by atoms with E-state index < -0.39 is 0 Å². The first kappa shape index (κ1) is 21.5. The van der Waals surface area contributed by atoms with E-state index in [9.17, 15) is 4.79 Å². The van der Waals surface area contributed by atoms with Gasteiger partial charge in [0, 0.05) is 42.4 Å². The maximum atomic E-state index is 11.9. The number of rotatable bonds is 8. The molecule has 2 aromatic carbocycles. The molecule has 0 aliphatic heterocycles. The number of urea groups is 1. The summed E-state index contributed by atoms with van der Waals surface area (Å²) in [5.74, 6) is 0.786. The van der Waals surface area contributed by atoms with Crippen molar-refractivity contribution in [2.24, 2.45) is 0 Å². The number of aryl methyl sites for hydroxylation is 1. The second-order valence-electron chi connectivity index (χ2n) is 7.36. The monoisotopic (exact) mass is 410 g/mol. The van der Waals surface area contributed by atoms with Crippen molar-refractivity contribution < 1.29 is 14.3 Å². The van der Waals surface area contributed by atoms with Crippen LogP contribution in [0.5, 0.6) is 5.75 Å². The third kappa shape index (κ3) is 4.68. The van der Waals surface area contributed by atoms with Gasteiger partial charge < -0.3 is 30.4 Å². The molecule has 0 aliphatic carbocycles. The molecule has 3 aromatic rings. The molecular weight excluding hydrogens is 380 g/mol. The van der Waals surface area contributed by atoms with Crippen molar-refractivity contribution in [3.05, 3.63) is 42.5 Å². The van der Waals surface area contributed by atoms with Crippen molar-refractivity contribution in [1.82, 2.24) is 9.88 Å². The summed E-state index contributed by atoms with van der Waals surface area (Å²) in [6, 6.07) is 13.5. The number of amides is 2. The molecule has 7 heteroatoms. The molecule has 0 saturated carbocycles. The molecule has 0 atom stereocenters. The van der Waals surface area contributed by atoms with E-state index in [0.717, 1.165) is 45.8 Å². The Morgan fingerprint density at radius 3 is 2.50 bits per heavy atom. The summed E-state index contributed by atoms with van der Waals surface area (Å²) in [4.78, 5) is 11.9. The SMILES string of the molecule is CCn1c(-c2ccc(NC(=O)NC(C)C)cc2)c(N)c2ccc(OCCOC)cc21. The molecule has 1 aromatic heterocycles. The molecule has 7 nitrogen and oxygen atoms in total. The number of anilines is 2. The maximum absolute atomic E-state index is 11.9. The standard InChI is InChI=1S/C23H30N4O3/c1-5-27-20-14-18(30-13-12-29-4)10-11-19(20)21(24)22(27)16-6-8-17(9-7-16)26-23(28)25-15(2)3/h6-11,14-15H,5,12-13,24H2,1-4H3,(H2,25,26,28). The van der Waals surface area contributed by atoms with Gasteiger partial charge in [-0.05, 0) is 45.0 Å². The number of methoxy groups -OCH3 is 1. The lowest BCUT2D eigenvalue weighted by Gasteiger charge is -2.12. The molecule has 2 amide bonds. The summed E-state index contributed by atoms with van der Waals surface area (Å²) >= 11 is 0. The van der Waals surface area contributed by atoms with Crippen molar-refractivity contribution >= 4 is 28.3 Å². The smallest absolute Gasteiger partial charge is 0.319 e. The van der Waals surface area contributed by atoms with E-state index in [1.165, 1.54) is 0 Å². The van der Waals surface area contributed by atoms with Gasteiger partial charge in [0.15, 0.2) is 0 Å². The van der Waals surface area contributed by atoms with Crippen molar-refractivity contribution in [1.29, 1.82) is 0 Å². The fourth-order valence-electron chi connectivity index (χ4n) is 3.47. The highest BCUT2D eigenvalue weighted by molar-refractivity contribution is 6.01. The van der Waals surface area contributed by atoms with Crippen LogP contribution in [0.2, 0.25) is 0 Å². The van der Waals surface area contributed by atoms with Crippen LogP contribution >= 0.6 is 0 Å². The van der Waals surface area contributed by atoms with Gasteiger partial charge in [0.1, 0.15) is 12.4 Å². The third-order valence-electron chi connectivity index (χ3n) is 4.78. The molecule has 0 fully saturated rings. The minimum Gasteiger partial charge on any atom is -0.491 e. The van der Waals surface area contributed by atoms with Crippen molar-refractivity contribution in [3.63, 3.8) is 0 Å². The van der Waals surface area contributed by atoms with Crippen LogP contribution in [-0.4, -0.2) is 37.0 Å². The maximum Gasteiger partial charge on any atom is 0.319 e. The molecule has 0 unspecified atom stereocenters. The van der Waals surface area contributed by atoms with Crippen LogP contribution in [0.1, 0.15) is 20.8 Å². The number of carbonyl (C=O) groups is 1. The van der Waals surface area contributed by atoms with E-state index in [4.69, 9.17) is 15.2 Å². The Bertz CT molecular complexity index is 1010. The van der Waals surface area contributed by atoms with Crippen LogP contribution in [-0.2, 0) is 11.3 Å². The van der Waals surface area contributed by atoms with Gasteiger partial charge in [-0.1, -0.05) is 12.1 Å². The Balaban J connectivity index is 1.91. The predicted molar refractivity (Wildman–Crippen MR) is 122 cm³/mol. The van der Waals surface area contributed by atoms with Gasteiger partial charge in [-0.3, -0.25) is 0 Å². The van der Waals surface area contributed by atoms with Gasteiger partial charge in [0.2, 0.25) is 0 Å². The van der Waals surface area contributed by atoms with Gasteiger partial charge in [0.05, 0.1) is 23.5 Å². The summed E-state index contributed by atoms with van der Waals surface area (Å²) in [5.41, 5.74) is 11.0. The molecule has 30 heavy (non-hydrogen) atoms. The van der Waals surface area contributed by atoms with E-state index in [2.05, 4.69) is 22.1 Å². The summed E-state index contributed by atoms with van der Waals surface area (Å²) in [6.45, 7) is 7.73. The number of aromatic nitrogens is 1. The zero-order chi connectivity index (χ0) is 21.7. The summed E-state index contributed by atoms with van der Waals surface area (Å²) in [6.07, 6.45) is 0. The minimum absolute atomic E-state index is 0.0766. The van der Waals surface area contributed by atoms with Gasteiger partial charge >= 0.3 is 6.03 Å². The molecule has 4 N–H and O–H groups in total. The molecule has 0 spiro atoms. The highest BCUT2D eigenvalue weighted by Gasteiger charge is 2.17. The molecule has 0 saturated heterocycles. The van der Waals surface area contributed by atoms with Crippen molar-refractivity contribution in [2.75, 3.05) is 31.4 Å². The van der Waals surface area contributed by atoms with Crippen LogP contribution in [0.15, 0.2) is 42.5 Å². The predicted octanol–water partition coefficient (Wildman–Crippen LogP) is 4.47. The number of nitrogens with one attached hydrogen (secondary N) is 2. The Kier molecular flexibility index (Phi) is 6.84. The zero-order valence-electron chi connectivity index (χ0n) is 18.0. The average Bonchev–Trinajstić information content (AvgIpc) is 2.99. The van der Waals surface area contributed by atoms with E-state index in [0.29, 0.717) is 13.2 Å². The number of ether oxygens (including phenoxy) is 2. The van der Waals surface area contributed by atoms with Gasteiger partial charge in [-0.2, -0.15) is 0 Å². The number of benzene rings is 2. The molecule has 0 bridgehead atoms. The lowest BCUT2D eigenvalue weighted by molar-refractivity contribution is 0.146. The van der Waals surface area contributed by atoms with Crippen LogP contribution in [0.3, 0.4) is 0 Å². The number of nitrogens with two attached hydrogens (primary N) is 1. The zero-order valence-corrected chi connectivity index (χ0v) is 18.0. The molecule has 0 radical (unpaired) electrons. The van der Waals surface area contributed by atoms with Crippen LogP contribution in [0.4, 0.5) is 16.2 Å². The lowest BCUT2D eigenvalue weighted by atomic mass is 10.1. The number of carbonyl (C=O) groups excluding carboxylic acids is 1. The molecule has 3 rings (SSSR count). The van der Waals surface area contributed by atoms with Crippen molar-refractivity contribution in [3.8, 4) is 17.0 Å². The first-order valence-corrected chi connectivity index (χ1v) is 10.2. The number of fused-ring (bicyclic) bond motifs is 1. The number of nitrogen functional groups attached to an aromatic ring is 1. The summed E-state index contributed by atoms with van der Waals surface area (Å²) < 4.78 is 13.0. The van der Waals surface area contributed by atoms with Crippen LogP contribution in [0, 0.1) is 0 Å². The Morgan fingerprint density at radius 1 is 1.13 bits per heavy atom. The fraction of sp³-hybridized carbons (Fsp3) is 0.348. The Labute approximate surface area is 177 Å². The quantitative estimate of drug-likeness (QED) is 0.478. The molecular formula is C23H30N4O3. The molecule has 1 heterocycles. The van der Waals surface area contributed by atoms with Crippen LogP contribution < -0.4 is 21.1 Å². The Hall–Kier alpha value is -3.19. The van der Waals surface area contributed by atoms with E-state index >= 15 is 0 Å². The lowest BCUT2D eigenvalue weighted by Crippen LogP contribution is -2.34. The second-order valence-corrected chi connectivity index (χ2v) is 7.36.